The lowest BCUT2D eigenvalue weighted by Crippen LogP contribution is -2.17. The molecule has 3 heteroatoms. The summed E-state index contributed by atoms with van der Waals surface area (Å²) in [6.07, 6.45) is 1.92. The second-order valence-corrected chi connectivity index (χ2v) is 5.41. The molecule has 0 bridgehead atoms. The van der Waals surface area contributed by atoms with Crippen molar-refractivity contribution in [3.63, 3.8) is 0 Å². The minimum absolute atomic E-state index is 0.262. The van der Waals surface area contributed by atoms with Crippen molar-refractivity contribution in [2.75, 3.05) is 13.2 Å². The summed E-state index contributed by atoms with van der Waals surface area (Å²) in [7, 11) is 0. The van der Waals surface area contributed by atoms with E-state index < -0.39 is 6.10 Å². The molecule has 2 aliphatic rings. The van der Waals surface area contributed by atoms with Gasteiger partial charge in [-0.2, -0.15) is 0 Å². The molecular formula is C14H18O3. The summed E-state index contributed by atoms with van der Waals surface area (Å²) >= 11 is 0. The second-order valence-electron chi connectivity index (χ2n) is 5.41. The van der Waals surface area contributed by atoms with Gasteiger partial charge < -0.3 is 14.6 Å². The summed E-state index contributed by atoms with van der Waals surface area (Å²) in [5.41, 5.74) is 2.23. The first-order valence-electron chi connectivity index (χ1n) is 6.18. The number of aliphatic hydroxyl groups is 1. The van der Waals surface area contributed by atoms with Crippen molar-refractivity contribution in [3.8, 4) is 11.5 Å². The Kier molecular flexibility index (Phi) is 2.33. The Morgan fingerprint density at radius 1 is 1.18 bits per heavy atom. The van der Waals surface area contributed by atoms with E-state index in [2.05, 4.69) is 0 Å². The minimum Gasteiger partial charge on any atom is -0.489 e. The fourth-order valence-electron chi connectivity index (χ4n) is 2.32. The fourth-order valence-corrected chi connectivity index (χ4v) is 2.32. The molecule has 1 heterocycles. The van der Waals surface area contributed by atoms with Crippen LogP contribution < -0.4 is 9.47 Å². The highest BCUT2D eigenvalue weighted by Crippen LogP contribution is 2.49. The van der Waals surface area contributed by atoms with E-state index in [1.165, 1.54) is 12.8 Å². The first-order valence-corrected chi connectivity index (χ1v) is 6.18. The highest BCUT2D eigenvalue weighted by atomic mass is 16.5. The van der Waals surface area contributed by atoms with E-state index in [-0.39, 0.29) is 5.41 Å². The molecule has 0 radical (unpaired) electrons. The Morgan fingerprint density at radius 3 is 2.29 bits per heavy atom. The maximum absolute atomic E-state index is 9.70. The normalized spacial score (nSPS) is 22.1. The van der Waals surface area contributed by atoms with Gasteiger partial charge in [-0.05, 0) is 49.9 Å². The number of hydrogen-bond acceptors (Lipinski definition) is 3. The third kappa shape index (κ3) is 1.89. The van der Waals surface area contributed by atoms with Crippen LogP contribution in [0, 0.1) is 12.3 Å². The van der Waals surface area contributed by atoms with Gasteiger partial charge in [0.2, 0.25) is 0 Å². The average Bonchev–Trinajstić information content (AvgIpc) is 3.07. The zero-order valence-electron chi connectivity index (χ0n) is 10.3. The van der Waals surface area contributed by atoms with E-state index in [0.29, 0.717) is 0 Å². The first kappa shape index (κ1) is 10.9. The molecule has 1 aromatic carbocycles. The van der Waals surface area contributed by atoms with Gasteiger partial charge in [-0.1, -0.05) is 0 Å². The molecule has 1 unspecified atom stereocenters. The van der Waals surface area contributed by atoms with Crippen molar-refractivity contribution in [2.24, 2.45) is 5.41 Å². The lowest BCUT2D eigenvalue weighted by atomic mass is 10.0. The number of aliphatic hydroxyl groups excluding tert-OH is 1. The SMILES string of the molecule is Cc1cc2c(cc1C(C)O)OCC1(CC1)CO2. The first-order chi connectivity index (χ1) is 8.10. The summed E-state index contributed by atoms with van der Waals surface area (Å²) < 4.78 is 11.7. The number of ether oxygens (including phenoxy) is 2. The van der Waals surface area contributed by atoms with Crippen LogP contribution in [0.3, 0.4) is 0 Å². The van der Waals surface area contributed by atoms with Crippen LogP contribution in [0.15, 0.2) is 12.1 Å². The largest absolute Gasteiger partial charge is 0.489 e. The number of rotatable bonds is 1. The fraction of sp³-hybridized carbons (Fsp3) is 0.571. The monoisotopic (exact) mass is 234 g/mol. The van der Waals surface area contributed by atoms with Crippen LogP contribution >= 0.6 is 0 Å². The predicted molar refractivity (Wildman–Crippen MR) is 64.5 cm³/mol. The Balaban J connectivity index is 1.95. The molecule has 1 aliphatic carbocycles. The summed E-state index contributed by atoms with van der Waals surface area (Å²) in [5.74, 6) is 1.59. The van der Waals surface area contributed by atoms with Gasteiger partial charge in [-0.25, -0.2) is 0 Å². The zero-order valence-corrected chi connectivity index (χ0v) is 10.3. The van der Waals surface area contributed by atoms with Gasteiger partial charge in [0, 0.05) is 5.41 Å². The van der Waals surface area contributed by atoms with Crippen LogP contribution in [0.5, 0.6) is 11.5 Å². The van der Waals surface area contributed by atoms with Gasteiger partial charge in [0.25, 0.3) is 0 Å². The summed E-state index contributed by atoms with van der Waals surface area (Å²) in [6.45, 7) is 5.26. The lowest BCUT2D eigenvalue weighted by molar-refractivity contribution is 0.194. The standard InChI is InChI=1S/C14H18O3/c1-9-5-12-13(6-11(9)10(2)15)17-8-14(3-4-14)7-16-12/h5-6,10,15H,3-4,7-8H2,1-2H3. The van der Waals surface area contributed by atoms with Crippen LogP contribution in [0.4, 0.5) is 0 Å². The molecule has 1 aliphatic heterocycles. The Bertz CT molecular complexity index is 447. The third-order valence-electron chi connectivity index (χ3n) is 3.81. The van der Waals surface area contributed by atoms with Crippen LogP contribution in [-0.4, -0.2) is 18.3 Å². The van der Waals surface area contributed by atoms with E-state index in [4.69, 9.17) is 9.47 Å². The van der Waals surface area contributed by atoms with E-state index in [9.17, 15) is 5.11 Å². The van der Waals surface area contributed by atoms with Gasteiger partial charge in [0.15, 0.2) is 11.5 Å². The third-order valence-corrected chi connectivity index (χ3v) is 3.81. The maximum Gasteiger partial charge on any atom is 0.161 e. The van der Waals surface area contributed by atoms with E-state index in [1.807, 2.05) is 19.1 Å². The molecule has 3 nitrogen and oxygen atoms in total. The predicted octanol–water partition coefficient (Wildman–Crippen LogP) is 2.60. The molecule has 1 N–H and O–H groups in total. The summed E-state index contributed by atoms with van der Waals surface area (Å²) in [4.78, 5) is 0. The van der Waals surface area contributed by atoms with Crippen LogP contribution in [-0.2, 0) is 0 Å². The lowest BCUT2D eigenvalue weighted by Gasteiger charge is -2.14. The number of aryl methyl sites for hydroxylation is 1. The molecule has 17 heavy (non-hydrogen) atoms. The average molecular weight is 234 g/mol. The smallest absolute Gasteiger partial charge is 0.161 e. The molecule has 1 aromatic rings. The van der Waals surface area contributed by atoms with Gasteiger partial charge in [-0.3, -0.25) is 0 Å². The zero-order chi connectivity index (χ0) is 12.0. The summed E-state index contributed by atoms with van der Waals surface area (Å²) in [6, 6.07) is 3.88. The van der Waals surface area contributed by atoms with E-state index >= 15 is 0 Å². The van der Waals surface area contributed by atoms with Crippen LogP contribution in [0.1, 0.15) is 37.0 Å². The molecule has 1 spiro atoms. The Labute approximate surface area is 101 Å². The quantitative estimate of drug-likeness (QED) is 0.811. The molecule has 0 amide bonds. The number of benzene rings is 1. The summed E-state index contributed by atoms with van der Waals surface area (Å²) in [5, 5.41) is 9.70. The van der Waals surface area contributed by atoms with Gasteiger partial charge in [-0.15, -0.1) is 0 Å². The second kappa shape index (κ2) is 3.64. The molecule has 1 saturated carbocycles. The molecule has 3 rings (SSSR count). The topological polar surface area (TPSA) is 38.7 Å². The minimum atomic E-state index is -0.470. The molecular weight excluding hydrogens is 216 g/mol. The Hall–Kier alpha value is -1.22. The number of hydrogen-bond donors (Lipinski definition) is 1. The molecule has 92 valence electrons. The van der Waals surface area contributed by atoms with Gasteiger partial charge in [0.1, 0.15) is 0 Å². The van der Waals surface area contributed by atoms with Crippen molar-refractivity contribution < 1.29 is 14.6 Å². The van der Waals surface area contributed by atoms with Crippen LogP contribution in [0.2, 0.25) is 0 Å². The maximum atomic E-state index is 9.70. The highest BCUT2D eigenvalue weighted by Gasteiger charge is 2.46. The highest BCUT2D eigenvalue weighted by molar-refractivity contribution is 5.48. The van der Waals surface area contributed by atoms with Crippen molar-refractivity contribution in [3.05, 3.63) is 23.3 Å². The van der Waals surface area contributed by atoms with Crippen molar-refractivity contribution in [1.82, 2.24) is 0 Å². The van der Waals surface area contributed by atoms with Gasteiger partial charge >= 0.3 is 0 Å². The molecule has 1 fully saturated rings. The van der Waals surface area contributed by atoms with E-state index in [0.717, 1.165) is 35.8 Å². The van der Waals surface area contributed by atoms with Gasteiger partial charge in [0.05, 0.1) is 19.3 Å². The van der Waals surface area contributed by atoms with Crippen LogP contribution in [0.25, 0.3) is 0 Å². The number of fused-ring (bicyclic) bond motifs is 1. The Morgan fingerprint density at radius 2 is 1.76 bits per heavy atom. The van der Waals surface area contributed by atoms with E-state index in [1.54, 1.807) is 6.92 Å². The molecule has 0 saturated heterocycles. The molecule has 0 aromatic heterocycles. The molecule has 1 atom stereocenters. The van der Waals surface area contributed by atoms with Crippen molar-refractivity contribution in [2.45, 2.75) is 32.8 Å². The van der Waals surface area contributed by atoms with Crippen molar-refractivity contribution >= 4 is 0 Å². The van der Waals surface area contributed by atoms with Crippen molar-refractivity contribution in [1.29, 1.82) is 0 Å².